The summed E-state index contributed by atoms with van der Waals surface area (Å²) in [5.41, 5.74) is 0. The summed E-state index contributed by atoms with van der Waals surface area (Å²) >= 11 is 0. The standard InChI is InChI=1S/C35H69N5O9S/c1-6-10-11-12-13-14-15-16-17-18-40(50(5,45)46)28-32(41)27-36-19-21-37(29-33(42)47-7-2)23-25-39(31-35(44)49-9-4)26-24-38(22-20-36)30-34(43)48-8-3/h32,41H,6-31H2,1-5H3. The molecule has 0 radical (unpaired) electrons. The van der Waals surface area contributed by atoms with Crippen LogP contribution in [0.1, 0.15) is 85.5 Å². The van der Waals surface area contributed by atoms with Gasteiger partial charge >= 0.3 is 17.9 Å². The average molecular weight is 736 g/mol. The van der Waals surface area contributed by atoms with Gasteiger partial charge in [-0.15, -0.1) is 0 Å². The molecule has 1 aliphatic rings. The molecule has 1 fully saturated rings. The third-order valence-corrected chi connectivity index (χ3v) is 10.0. The van der Waals surface area contributed by atoms with Crippen molar-refractivity contribution in [1.82, 2.24) is 23.9 Å². The van der Waals surface area contributed by atoms with Gasteiger partial charge in [-0.05, 0) is 27.2 Å². The Morgan fingerprint density at radius 2 is 0.940 bits per heavy atom. The number of hydrogen-bond acceptors (Lipinski definition) is 13. The van der Waals surface area contributed by atoms with Crippen LogP contribution in [-0.2, 0) is 38.6 Å². The van der Waals surface area contributed by atoms with E-state index >= 15 is 0 Å². The van der Waals surface area contributed by atoms with Crippen molar-refractivity contribution in [1.29, 1.82) is 0 Å². The molecule has 1 atom stereocenters. The van der Waals surface area contributed by atoms with Crippen molar-refractivity contribution in [3.8, 4) is 0 Å². The fourth-order valence-electron chi connectivity index (χ4n) is 5.99. The number of aliphatic hydroxyl groups is 1. The van der Waals surface area contributed by atoms with Crippen molar-refractivity contribution < 1.29 is 42.1 Å². The van der Waals surface area contributed by atoms with Crippen LogP contribution in [0.4, 0.5) is 0 Å². The summed E-state index contributed by atoms with van der Waals surface area (Å²) in [6, 6.07) is 0. The number of sulfonamides is 1. The van der Waals surface area contributed by atoms with Gasteiger partial charge in [0, 0.05) is 72.0 Å². The van der Waals surface area contributed by atoms with E-state index in [1.165, 1.54) is 42.7 Å². The SMILES string of the molecule is CCCCCCCCCCCN(CC(O)CN1CCN(CC(=O)OCC)CCN(CC(=O)OCC)CCN(CC(=O)OCC)CC1)S(C)(=O)=O. The summed E-state index contributed by atoms with van der Waals surface area (Å²) in [6.07, 6.45) is 10.4. The van der Waals surface area contributed by atoms with Gasteiger partial charge in [0.15, 0.2) is 0 Å². The predicted molar refractivity (Wildman–Crippen MR) is 195 cm³/mol. The number of ether oxygens (including phenoxy) is 3. The van der Waals surface area contributed by atoms with E-state index in [0.29, 0.717) is 58.9 Å². The molecule has 14 nitrogen and oxygen atoms in total. The molecule has 294 valence electrons. The lowest BCUT2D eigenvalue weighted by molar-refractivity contribution is -0.146. The second-order valence-corrected chi connectivity index (χ2v) is 15.1. The molecule has 0 aromatic heterocycles. The Labute approximate surface area is 302 Å². The highest BCUT2D eigenvalue weighted by atomic mass is 32.2. The van der Waals surface area contributed by atoms with Crippen LogP contribution in [-0.4, -0.2) is 179 Å². The third-order valence-electron chi connectivity index (χ3n) is 8.77. The molecule has 1 saturated heterocycles. The Morgan fingerprint density at radius 3 is 1.28 bits per heavy atom. The van der Waals surface area contributed by atoms with E-state index in [0.717, 1.165) is 25.7 Å². The molecule has 1 N–H and O–H groups in total. The lowest BCUT2D eigenvalue weighted by atomic mass is 10.1. The molecular formula is C35H69N5O9S. The van der Waals surface area contributed by atoms with E-state index in [1.807, 2.05) is 14.7 Å². The van der Waals surface area contributed by atoms with E-state index in [2.05, 4.69) is 11.8 Å². The summed E-state index contributed by atoms with van der Waals surface area (Å²) in [6.45, 7) is 13.0. The highest BCUT2D eigenvalue weighted by Gasteiger charge is 2.25. The van der Waals surface area contributed by atoms with Crippen LogP contribution in [0.15, 0.2) is 0 Å². The maximum Gasteiger partial charge on any atom is 0.320 e. The summed E-state index contributed by atoms with van der Waals surface area (Å²) in [5.74, 6) is -1.03. The molecule has 0 aromatic carbocycles. The molecule has 50 heavy (non-hydrogen) atoms. The number of unbranched alkanes of at least 4 members (excludes halogenated alkanes) is 8. The summed E-state index contributed by atoms with van der Waals surface area (Å²) in [4.78, 5) is 45.3. The molecule has 1 aliphatic heterocycles. The van der Waals surface area contributed by atoms with Gasteiger partial charge in [-0.3, -0.25) is 34.0 Å². The largest absolute Gasteiger partial charge is 0.465 e. The number of carbonyl (C=O) groups excluding carboxylic acids is 3. The maximum atomic E-state index is 12.7. The monoisotopic (exact) mass is 735 g/mol. The van der Waals surface area contributed by atoms with Gasteiger partial charge in [-0.1, -0.05) is 58.3 Å². The Balaban J connectivity index is 3.00. The van der Waals surface area contributed by atoms with Gasteiger partial charge in [-0.2, -0.15) is 4.31 Å². The van der Waals surface area contributed by atoms with Gasteiger partial charge in [0.1, 0.15) is 0 Å². The van der Waals surface area contributed by atoms with Crippen molar-refractivity contribution in [3.05, 3.63) is 0 Å². The molecule has 0 spiro atoms. The first-order chi connectivity index (χ1) is 23.9. The quantitative estimate of drug-likeness (QED) is 0.0877. The van der Waals surface area contributed by atoms with Crippen LogP contribution in [0.3, 0.4) is 0 Å². The molecule has 0 amide bonds. The summed E-state index contributed by atoms with van der Waals surface area (Å²) < 4.78 is 42.4. The number of rotatable bonds is 24. The minimum atomic E-state index is -3.52. The molecule has 0 aromatic rings. The Kier molecular flexibility index (Phi) is 25.6. The van der Waals surface area contributed by atoms with Crippen molar-refractivity contribution in [2.45, 2.75) is 91.6 Å². The van der Waals surface area contributed by atoms with E-state index in [-0.39, 0.29) is 70.5 Å². The van der Waals surface area contributed by atoms with Crippen LogP contribution in [0.25, 0.3) is 0 Å². The normalized spacial score (nSPS) is 17.2. The summed E-state index contributed by atoms with van der Waals surface area (Å²) in [5, 5.41) is 11.2. The number of esters is 3. The van der Waals surface area contributed by atoms with Crippen LogP contribution >= 0.6 is 0 Å². The lowest BCUT2D eigenvalue weighted by Gasteiger charge is -2.34. The van der Waals surface area contributed by atoms with Crippen LogP contribution in [0.2, 0.25) is 0 Å². The number of hydrogen-bond donors (Lipinski definition) is 1. The predicted octanol–water partition coefficient (Wildman–Crippen LogP) is 2.05. The molecular weight excluding hydrogens is 666 g/mol. The van der Waals surface area contributed by atoms with E-state index in [4.69, 9.17) is 14.2 Å². The molecule has 1 rings (SSSR count). The number of β-amino-alcohol motifs (C(OH)–C–C–N with tert-alkyl or cyclic N) is 1. The maximum absolute atomic E-state index is 12.7. The topological polar surface area (TPSA) is 149 Å². The molecule has 1 unspecified atom stereocenters. The zero-order valence-electron chi connectivity index (χ0n) is 31.8. The first kappa shape index (κ1) is 46.1. The van der Waals surface area contributed by atoms with Gasteiger partial charge < -0.3 is 19.3 Å². The fourth-order valence-corrected chi connectivity index (χ4v) is 6.89. The van der Waals surface area contributed by atoms with Crippen molar-refractivity contribution in [3.63, 3.8) is 0 Å². The molecule has 0 bridgehead atoms. The van der Waals surface area contributed by atoms with Gasteiger partial charge in [-0.25, -0.2) is 8.42 Å². The number of carbonyl (C=O) groups is 3. The molecule has 0 aliphatic carbocycles. The Hall–Kier alpha value is -1.88. The van der Waals surface area contributed by atoms with Crippen LogP contribution in [0, 0.1) is 0 Å². The van der Waals surface area contributed by atoms with Crippen molar-refractivity contribution >= 4 is 27.9 Å². The van der Waals surface area contributed by atoms with E-state index in [1.54, 1.807) is 20.8 Å². The highest BCUT2D eigenvalue weighted by molar-refractivity contribution is 7.88. The fraction of sp³-hybridized carbons (Fsp3) is 0.914. The van der Waals surface area contributed by atoms with E-state index < -0.39 is 16.1 Å². The van der Waals surface area contributed by atoms with Crippen molar-refractivity contribution in [2.75, 3.05) is 118 Å². The first-order valence-corrected chi connectivity index (χ1v) is 20.8. The van der Waals surface area contributed by atoms with Crippen LogP contribution < -0.4 is 0 Å². The molecule has 15 heteroatoms. The Morgan fingerprint density at radius 1 is 0.600 bits per heavy atom. The van der Waals surface area contributed by atoms with Gasteiger partial charge in [0.25, 0.3) is 0 Å². The smallest absolute Gasteiger partial charge is 0.320 e. The lowest BCUT2D eigenvalue weighted by Crippen LogP contribution is -2.50. The number of aliphatic hydroxyl groups excluding tert-OH is 1. The minimum absolute atomic E-state index is 0.00570. The van der Waals surface area contributed by atoms with Gasteiger partial charge in [0.05, 0.1) is 51.8 Å². The highest BCUT2D eigenvalue weighted by Crippen LogP contribution is 2.12. The zero-order chi connectivity index (χ0) is 37.2. The molecule has 0 saturated carbocycles. The Bertz CT molecular complexity index is 1000. The third kappa shape index (κ3) is 22.8. The minimum Gasteiger partial charge on any atom is -0.465 e. The van der Waals surface area contributed by atoms with Crippen LogP contribution in [0.5, 0.6) is 0 Å². The second kappa shape index (κ2) is 27.7. The zero-order valence-corrected chi connectivity index (χ0v) is 32.6. The first-order valence-electron chi connectivity index (χ1n) is 18.9. The average Bonchev–Trinajstić information content (AvgIpc) is 3.04. The summed E-state index contributed by atoms with van der Waals surface area (Å²) in [7, 11) is -3.52. The molecule has 1 heterocycles. The van der Waals surface area contributed by atoms with Crippen molar-refractivity contribution in [2.24, 2.45) is 0 Å². The van der Waals surface area contributed by atoms with Gasteiger partial charge in [0.2, 0.25) is 10.0 Å². The van der Waals surface area contributed by atoms with E-state index in [9.17, 15) is 27.9 Å². The second-order valence-electron chi connectivity index (χ2n) is 13.1. The number of nitrogens with zero attached hydrogens (tertiary/aromatic N) is 5.